The molecule has 4 rings (SSSR count). The fourth-order valence-electron chi connectivity index (χ4n) is 4.10. The van der Waals surface area contributed by atoms with Gasteiger partial charge in [-0.1, -0.05) is 6.42 Å². The van der Waals surface area contributed by atoms with Crippen molar-refractivity contribution in [3.63, 3.8) is 0 Å². The second kappa shape index (κ2) is 7.13. The van der Waals surface area contributed by atoms with Crippen molar-refractivity contribution >= 4 is 32.3 Å². The van der Waals surface area contributed by atoms with E-state index in [1.54, 1.807) is 0 Å². The maximum Gasteiger partial charge on any atom is 0.272 e. The molecule has 0 aliphatic carbocycles. The minimum absolute atomic E-state index is 0.0281. The van der Waals surface area contributed by atoms with Gasteiger partial charge in [0.15, 0.2) is 15.5 Å². The van der Waals surface area contributed by atoms with Crippen molar-refractivity contribution in [1.82, 2.24) is 20.4 Å². The summed E-state index contributed by atoms with van der Waals surface area (Å²) in [6.45, 7) is 1.65. The third kappa shape index (κ3) is 3.59. The van der Waals surface area contributed by atoms with Gasteiger partial charge < -0.3 is 5.32 Å². The summed E-state index contributed by atoms with van der Waals surface area (Å²) in [7, 11) is -3.24. The number of sulfone groups is 1. The van der Waals surface area contributed by atoms with Gasteiger partial charge >= 0.3 is 0 Å². The van der Waals surface area contributed by atoms with Crippen LogP contribution < -0.4 is 5.32 Å². The molecule has 28 heavy (non-hydrogen) atoms. The lowest BCUT2D eigenvalue weighted by Gasteiger charge is -2.34. The Balaban J connectivity index is 1.59. The highest BCUT2D eigenvalue weighted by Gasteiger charge is 2.42. The van der Waals surface area contributed by atoms with E-state index in [1.807, 2.05) is 0 Å². The molecule has 2 unspecified atom stereocenters. The number of nitro groups is 1. The number of nitrogens with one attached hydrogen (secondary N) is 2. The Bertz CT molecular complexity index is 1030. The number of nitrogens with zero attached hydrogens (tertiary/aromatic N) is 3. The molecule has 0 spiro atoms. The number of fused-ring (bicyclic) bond motifs is 1. The molecule has 1 aromatic carbocycles. The van der Waals surface area contributed by atoms with Crippen molar-refractivity contribution in [2.45, 2.75) is 31.3 Å². The molecule has 11 heteroatoms. The van der Waals surface area contributed by atoms with Crippen LogP contribution in [0.1, 0.15) is 29.8 Å². The number of hydrogen-bond acceptors (Lipinski definition) is 7. The lowest BCUT2D eigenvalue weighted by atomic mass is 10.0. The van der Waals surface area contributed by atoms with Gasteiger partial charge in [0.1, 0.15) is 0 Å². The van der Waals surface area contributed by atoms with E-state index in [1.165, 1.54) is 18.2 Å². The molecule has 2 aliphatic rings. The van der Waals surface area contributed by atoms with Gasteiger partial charge in [-0.15, -0.1) is 0 Å². The normalized spacial score (nSPS) is 25.0. The van der Waals surface area contributed by atoms with Crippen molar-refractivity contribution in [3.05, 3.63) is 34.0 Å². The Morgan fingerprint density at radius 3 is 2.71 bits per heavy atom. The second-order valence-electron chi connectivity index (χ2n) is 7.38. The number of aromatic nitrogens is 2. The molecule has 2 fully saturated rings. The Morgan fingerprint density at radius 2 is 2.00 bits per heavy atom. The van der Waals surface area contributed by atoms with Crippen molar-refractivity contribution in [1.29, 1.82) is 0 Å². The predicted molar refractivity (Wildman–Crippen MR) is 102 cm³/mol. The quantitative estimate of drug-likeness (QED) is 0.566. The number of nitro benzene ring substituents is 1. The van der Waals surface area contributed by atoms with E-state index in [9.17, 15) is 23.3 Å². The Morgan fingerprint density at radius 1 is 1.25 bits per heavy atom. The maximum atomic E-state index is 12.8. The predicted octanol–water partition coefficient (Wildman–Crippen LogP) is 0.852. The van der Waals surface area contributed by atoms with Crippen LogP contribution >= 0.6 is 0 Å². The van der Waals surface area contributed by atoms with Crippen LogP contribution in [0.5, 0.6) is 0 Å². The average molecular weight is 407 g/mol. The number of benzene rings is 1. The van der Waals surface area contributed by atoms with Gasteiger partial charge in [-0.05, 0) is 32.0 Å². The molecule has 0 bridgehead atoms. The van der Waals surface area contributed by atoms with Gasteiger partial charge in [-0.25, -0.2) is 8.42 Å². The van der Waals surface area contributed by atoms with Crippen molar-refractivity contribution < 1.29 is 18.1 Å². The third-order valence-corrected chi connectivity index (χ3v) is 7.19. The van der Waals surface area contributed by atoms with Gasteiger partial charge in [0.25, 0.3) is 11.6 Å². The lowest BCUT2D eigenvalue weighted by Crippen LogP contribution is -2.52. The SMILES string of the molecule is O=C(NC1CS(=O)(=O)CC1N1CCCCC1)c1n[nH]c2ccc([N+](=O)[O-])cc12. The number of H-pyrrole nitrogens is 1. The van der Waals surface area contributed by atoms with Crippen molar-refractivity contribution in [3.8, 4) is 0 Å². The third-order valence-electron chi connectivity index (χ3n) is 5.47. The highest BCUT2D eigenvalue weighted by atomic mass is 32.2. The summed E-state index contributed by atoms with van der Waals surface area (Å²) in [5.74, 6) is -0.608. The van der Waals surface area contributed by atoms with Crippen LogP contribution in [0, 0.1) is 10.1 Å². The van der Waals surface area contributed by atoms with E-state index >= 15 is 0 Å². The van der Waals surface area contributed by atoms with Crippen molar-refractivity contribution in [2.24, 2.45) is 0 Å². The number of piperidine rings is 1. The number of carbonyl (C=O) groups excluding carboxylic acids is 1. The first-order valence-electron chi connectivity index (χ1n) is 9.22. The van der Waals surface area contributed by atoms with E-state index in [0.717, 1.165) is 32.4 Å². The fraction of sp³-hybridized carbons (Fsp3) is 0.529. The average Bonchev–Trinajstić information content (AvgIpc) is 3.22. The first-order chi connectivity index (χ1) is 13.3. The summed E-state index contributed by atoms with van der Waals surface area (Å²) in [4.78, 5) is 25.4. The summed E-state index contributed by atoms with van der Waals surface area (Å²) in [5, 5.41) is 20.8. The van der Waals surface area contributed by atoms with Crippen LogP contribution in [-0.4, -0.2) is 71.0 Å². The molecule has 2 aromatic rings. The topological polar surface area (TPSA) is 138 Å². The number of carbonyl (C=O) groups is 1. The molecule has 3 heterocycles. The molecule has 0 radical (unpaired) electrons. The lowest BCUT2D eigenvalue weighted by molar-refractivity contribution is -0.384. The molecule has 0 saturated carbocycles. The van der Waals surface area contributed by atoms with Crippen LogP contribution in [0.25, 0.3) is 10.9 Å². The number of aromatic amines is 1. The summed E-state index contributed by atoms with van der Waals surface area (Å²) in [6.07, 6.45) is 3.17. The zero-order chi connectivity index (χ0) is 19.9. The molecule has 1 aromatic heterocycles. The Hall–Kier alpha value is -2.53. The molecule has 10 nitrogen and oxygen atoms in total. The van der Waals surface area contributed by atoms with Crippen LogP contribution in [0.15, 0.2) is 18.2 Å². The standard InChI is InChI=1S/C17H21N5O5S/c23-17(16-12-8-11(22(24)25)4-5-13(12)19-20-16)18-14-9-28(26,27)10-15(14)21-6-2-1-3-7-21/h4-5,8,14-15H,1-3,6-7,9-10H2,(H,18,23)(H,19,20). The number of hydrogen-bond donors (Lipinski definition) is 2. The monoisotopic (exact) mass is 407 g/mol. The van der Waals surface area contributed by atoms with Crippen LogP contribution in [0.3, 0.4) is 0 Å². The van der Waals surface area contributed by atoms with E-state index < -0.39 is 26.7 Å². The van der Waals surface area contributed by atoms with Crippen LogP contribution in [-0.2, 0) is 9.84 Å². The van der Waals surface area contributed by atoms with Gasteiger partial charge in [-0.3, -0.25) is 24.9 Å². The Labute approximate surface area is 161 Å². The zero-order valence-electron chi connectivity index (χ0n) is 15.1. The molecule has 150 valence electrons. The number of rotatable bonds is 4. The van der Waals surface area contributed by atoms with Crippen LogP contribution in [0.2, 0.25) is 0 Å². The number of non-ortho nitro benzene ring substituents is 1. The largest absolute Gasteiger partial charge is 0.345 e. The van der Waals surface area contributed by atoms with E-state index in [-0.39, 0.29) is 28.9 Å². The number of amides is 1. The molecule has 2 atom stereocenters. The summed E-state index contributed by atoms with van der Waals surface area (Å²) >= 11 is 0. The molecular formula is C17H21N5O5S. The van der Waals surface area contributed by atoms with E-state index in [4.69, 9.17) is 0 Å². The van der Waals surface area contributed by atoms with Gasteiger partial charge in [-0.2, -0.15) is 5.10 Å². The van der Waals surface area contributed by atoms with E-state index in [0.29, 0.717) is 10.9 Å². The van der Waals surface area contributed by atoms with Crippen LogP contribution in [0.4, 0.5) is 5.69 Å². The highest BCUT2D eigenvalue weighted by Crippen LogP contribution is 2.25. The molecule has 1 amide bonds. The van der Waals surface area contributed by atoms with Gasteiger partial charge in [0, 0.05) is 23.6 Å². The fourth-order valence-corrected chi connectivity index (χ4v) is 6.05. The summed E-state index contributed by atoms with van der Waals surface area (Å²) < 4.78 is 24.4. The first-order valence-corrected chi connectivity index (χ1v) is 11.0. The highest BCUT2D eigenvalue weighted by molar-refractivity contribution is 7.91. The molecule has 2 N–H and O–H groups in total. The molecule has 2 saturated heterocycles. The van der Waals surface area contributed by atoms with Gasteiger partial charge in [0.05, 0.1) is 28.0 Å². The number of likely N-dealkylation sites (tertiary alicyclic amines) is 1. The minimum Gasteiger partial charge on any atom is -0.345 e. The van der Waals surface area contributed by atoms with Crippen molar-refractivity contribution in [2.75, 3.05) is 24.6 Å². The Kier molecular flexibility index (Phi) is 4.79. The summed E-state index contributed by atoms with van der Waals surface area (Å²) in [6, 6.07) is 3.34. The molecule has 2 aliphatic heterocycles. The van der Waals surface area contributed by atoms with E-state index in [2.05, 4.69) is 20.4 Å². The maximum absolute atomic E-state index is 12.8. The van der Waals surface area contributed by atoms with Gasteiger partial charge in [0.2, 0.25) is 0 Å². The summed E-state index contributed by atoms with van der Waals surface area (Å²) in [5.41, 5.74) is 0.389. The minimum atomic E-state index is -3.24. The smallest absolute Gasteiger partial charge is 0.272 e. The second-order valence-corrected chi connectivity index (χ2v) is 9.53. The first kappa shape index (κ1) is 18.8. The molecular weight excluding hydrogens is 386 g/mol. The zero-order valence-corrected chi connectivity index (χ0v) is 15.9.